The van der Waals surface area contributed by atoms with E-state index < -0.39 is 5.97 Å². The average Bonchev–Trinajstić information content (AvgIpc) is 4.08. The summed E-state index contributed by atoms with van der Waals surface area (Å²) in [5.41, 5.74) is 15.1. The third-order valence-electron chi connectivity index (χ3n) is 10.8. The number of rotatable bonds is 10. The van der Waals surface area contributed by atoms with E-state index in [1.54, 1.807) is 0 Å². The molecule has 8 bridgehead atoms. The molecule has 13 heteroatoms. The Hall–Kier alpha value is -5.27. The molecule has 62 heavy (non-hydrogen) atoms. The van der Waals surface area contributed by atoms with Crippen molar-refractivity contribution in [3.63, 3.8) is 0 Å². The zero-order valence-electron chi connectivity index (χ0n) is 34.3. The van der Waals surface area contributed by atoms with E-state index in [0.29, 0.717) is 19.4 Å². The highest BCUT2D eigenvalue weighted by atomic mass is 127. The minimum Gasteiger partial charge on any atom is -1.00 e. The molecular formula is C49H44I3N7O3. The van der Waals surface area contributed by atoms with Crippen LogP contribution in [0.3, 0.4) is 0 Å². The van der Waals surface area contributed by atoms with Crippen LogP contribution >= 0.6 is 0 Å². The molecule has 8 heterocycles. The van der Waals surface area contributed by atoms with Crippen molar-refractivity contribution in [2.75, 3.05) is 6.61 Å². The van der Waals surface area contributed by atoms with E-state index in [-0.39, 0.29) is 78.4 Å². The Bertz CT molecular complexity index is 2920. The lowest BCUT2D eigenvalue weighted by Gasteiger charge is -2.08. The number of aliphatic carboxylic acids is 1. The van der Waals surface area contributed by atoms with Crippen LogP contribution < -0.4 is 90.4 Å². The summed E-state index contributed by atoms with van der Waals surface area (Å²) in [5.74, 6) is -0.0655. The van der Waals surface area contributed by atoms with Crippen LogP contribution in [0.2, 0.25) is 0 Å². The van der Waals surface area contributed by atoms with Gasteiger partial charge in [0.05, 0.1) is 29.4 Å². The number of carbonyl (C=O) groups is 1. The molecule has 7 aromatic rings. The number of aromatic nitrogens is 7. The molecule has 0 aliphatic carbocycles. The van der Waals surface area contributed by atoms with Crippen molar-refractivity contribution in [3.05, 3.63) is 145 Å². The molecule has 2 aliphatic rings. The Labute approximate surface area is 411 Å². The molecule has 0 atom stereocenters. The molecule has 0 unspecified atom stereocenters. The van der Waals surface area contributed by atoms with Crippen molar-refractivity contribution in [1.29, 1.82) is 0 Å². The highest BCUT2D eigenvalue weighted by molar-refractivity contribution is 5.99. The lowest BCUT2D eigenvalue weighted by molar-refractivity contribution is -0.671. The van der Waals surface area contributed by atoms with E-state index in [9.17, 15) is 4.79 Å². The molecule has 2 aliphatic heterocycles. The largest absolute Gasteiger partial charge is 1.00 e. The van der Waals surface area contributed by atoms with Crippen LogP contribution in [0.4, 0.5) is 0 Å². The molecule has 0 radical (unpaired) electrons. The number of carboxylic acid groups (broad SMARTS) is 1. The maximum absolute atomic E-state index is 11.0. The predicted octanol–water partition coefficient (Wildman–Crippen LogP) is -0.557. The summed E-state index contributed by atoms with van der Waals surface area (Å²) < 4.78 is 12.1. The summed E-state index contributed by atoms with van der Waals surface area (Å²) in [6.45, 7) is 0.449. The number of fused-ring (bicyclic) bond motifs is 8. The van der Waals surface area contributed by atoms with E-state index in [2.05, 4.69) is 144 Å². The molecule has 9 rings (SSSR count). The number of H-pyrrole nitrogens is 2. The van der Waals surface area contributed by atoms with Gasteiger partial charge >= 0.3 is 5.97 Å². The van der Waals surface area contributed by atoms with E-state index >= 15 is 0 Å². The van der Waals surface area contributed by atoms with Crippen LogP contribution in [0.1, 0.15) is 42.0 Å². The zero-order chi connectivity index (χ0) is 40.5. The average molecular weight is 1160 g/mol. The van der Waals surface area contributed by atoms with Crippen LogP contribution in [0.5, 0.6) is 5.75 Å². The number of nitrogens with one attached hydrogen (secondary N) is 2. The Balaban J connectivity index is 0.00000214. The summed E-state index contributed by atoms with van der Waals surface area (Å²) >= 11 is 0. The van der Waals surface area contributed by atoms with E-state index in [1.807, 2.05) is 47.0 Å². The summed E-state index contributed by atoms with van der Waals surface area (Å²) in [6, 6.07) is 29.3. The van der Waals surface area contributed by atoms with E-state index in [1.165, 1.54) is 0 Å². The number of hydrogen-bond donors (Lipinski definition) is 3. The monoisotopic (exact) mass is 1160 g/mol. The number of hydrogen-bond acceptors (Lipinski definition) is 4. The second-order valence-electron chi connectivity index (χ2n) is 15.0. The van der Waals surface area contributed by atoms with Gasteiger partial charge in [-0.15, -0.1) is 0 Å². The van der Waals surface area contributed by atoms with Gasteiger partial charge in [0.1, 0.15) is 26.9 Å². The third kappa shape index (κ3) is 9.84. The molecule has 0 amide bonds. The minimum absolute atomic E-state index is 0. The first-order valence-electron chi connectivity index (χ1n) is 19.8. The Morgan fingerprint density at radius 2 is 0.823 bits per heavy atom. The van der Waals surface area contributed by atoms with Crippen molar-refractivity contribution in [1.82, 2.24) is 19.9 Å². The van der Waals surface area contributed by atoms with Crippen LogP contribution in [0.25, 0.3) is 90.9 Å². The maximum Gasteiger partial charge on any atom is 0.303 e. The summed E-state index contributed by atoms with van der Waals surface area (Å²) in [4.78, 5) is 29.4. The third-order valence-corrected chi connectivity index (χ3v) is 10.8. The van der Waals surface area contributed by atoms with Gasteiger partial charge in [-0.05, 0) is 95.8 Å². The number of ether oxygens (including phenoxy) is 1. The van der Waals surface area contributed by atoms with Gasteiger partial charge in [0.15, 0.2) is 37.2 Å². The van der Waals surface area contributed by atoms with Crippen molar-refractivity contribution in [3.8, 4) is 50.3 Å². The molecule has 0 saturated heterocycles. The lowest BCUT2D eigenvalue weighted by atomic mass is 10.0. The van der Waals surface area contributed by atoms with Crippen molar-refractivity contribution < 1.29 is 100 Å². The van der Waals surface area contributed by atoms with Gasteiger partial charge in [0.25, 0.3) is 0 Å². The molecule has 314 valence electrons. The number of benzene rings is 1. The fourth-order valence-electron chi connectivity index (χ4n) is 7.71. The number of carboxylic acids is 1. The second kappa shape index (κ2) is 20.3. The van der Waals surface area contributed by atoms with Gasteiger partial charge in [-0.2, -0.15) is 0 Å². The van der Waals surface area contributed by atoms with Gasteiger partial charge in [0.2, 0.25) is 0 Å². The minimum atomic E-state index is -0.791. The number of aryl methyl sites for hydroxylation is 3. The molecule has 10 nitrogen and oxygen atoms in total. The number of unbranched alkanes of at least 4 members (excludes halogenated alkanes) is 1. The smallest absolute Gasteiger partial charge is 0.303 e. The standard InChI is InChI=1S/C49H41N7O3.3HI/c1-54-25-19-33(20-26-54)47-39-13-11-37(50-39)46(32-7-9-36(10-8-32)59-31-5-4-6-45(57)58)38-12-14-40(51-38)48(34-21-27-55(2)28-22-34)42-16-18-44(53-42)49(43-17-15-41(47)52-43)35-23-29-56(3)30-24-35;;;/h7-30H,4-6,31H2,1-3H3;3*1H. The van der Waals surface area contributed by atoms with Crippen LogP contribution in [-0.4, -0.2) is 37.6 Å². The van der Waals surface area contributed by atoms with Gasteiger partial charge < -0.3 is 91.7 Å². The summed E-state index contributed by atoms with van der Waals surface area (Å²) in [5, 5.41) is 9.00. The van der Waals surface area contributed by atoms with Gasteiger partial charge in [-0.3, -0.25) is 4.79 Å². The zero-order valence-corrected chi connectivity index (χ0v) is 40.8. The normalized spacial score (nSPS) is 11.3. The fraction of sp³-hybridized carbons (Fsp3) is 0.143. The first kappa shape index (κ1) is 46.2. The van der Waals surface area contributed by atoms with Gasteiger partial charge in [-0.1, -0.05) is 12.1 Å². The number of pyridine rings is 3. The molecule has 3 N–H and O–H groups in total. The van der Waals surface area contributed by atoms with Gasteiger partial charge in [0, 0.05) is 87.1 Å². The summed E-state index contributed by atoms with van der Waals surface area (Å²) in [6.07, 6.45) is 22.1. The Kier molecular flexibility index (Phi) is 15.1. The topological polar surface area (TPSA) is 116 Å². The maximum atomic E-state index is 11.0. The SMILES string of the molecule is C[n+]1ccc(-c2c3nc(c(-c4cc[n+](C)cc4)c4ccc([nH]4)c(-c4cc[n+](C)cc4)c4nc(c(-c5ccc(OCCCCC(=O)O)cc5)c5ccc2[nH]5)C=C4)C=C3)cc1.[I-].[I-].[I-]. The fourth-order valence-corrected chi connectivity index (χ4v) is 7.71. The Morgan fingerprint density at radius 3 is 1.15 bits per heavy atom. The number of nitrogens with zero attached hydrogens (tertiary/aromatic N) is 5. The first-order valence-corrected chi connectivity index (χ1v) is 19.8. The van der Waals surface area contributed by atoms with Crippen molar-refractivity contribution >= 4 is 52.3 Å². The highest BCUT2D eigenvalue weighted by Crippen LogP contribution is 2.38. The van der Waals surface area contributed by atoms with Crippen LogP contribution in [0, 0.1) is 0 Å². The van der Waals surface area contributed by atoms with Crippen LogP contribution in [0.15, 0.2) is 122 Å². The van der Waals surface area contributed by atoms with Crippen LogP contribution in [-0.2, 0) is 25.9 Å². The van der Waals surface area contributed by atoms with E-state index in [0.717, 1.165) is 95.1 Å². The molecule has 1 aromatic carbocycles. The molecule has 0 saturated carbocycles. The first-order chi connectivity index (χ1) is 28.8. The quantitative estimate of drug-likeness (QED) is 0.0968. The highest BCUT2D eigenvalue weighted by Gasteiger charge is 2.20. The van der Waals surface area contributed by atoms with E-state index in [4.69, 9.17) is 19.8 Å². The Morgan fingerprint density at radius 1 is 0.500 bits per heavy atom. The molecular weight excluding hydrogens is 1120 g/mol. The summed E-state index contributed by atoms with van der Waals surface area (Å²) in [7, 11) is 6.06. The molecule has 0 fully saturated rings. The molecule has 0 spiro atoms. The van der Waals surface area contributed by atoms with Crippen molar-refractivity contribution in [2.24, 2.45) is 21.1 Å². The second-order valence-corrected chi connectivity index (χ2v) is 15.0. The van der Waals surface area contributed by atoms with Crippen molar-refractivity contribution in [2.45, 2.75) is 19.3 Å². The lowest BCUT2D eigenvalue weighted by Crippen LogP contribution is -3.00. The predicted molar refractivity (Wildman–Crippen MR) is 231 cm³/mol. The molecule has 6 aromatic heterocycles. The number of aromatic amines is 2. The number of halogens is 3. The van der Waals surface area contributed by atoms with Gasteiger partial charge in [-0.25, -0.2) is 23.7 Å².